The number of rotatable bonds is 13. The van der Waals surface area contributed by atoms with Gasteiger partial charge < -0.3 is 5.32 Å². The van der Waals surface area contributed by atoms with E-state index < -0.39 is 0 Å². The zero-order chi connectivity index (χ0) is 12.8. The molecule has 0 saturated carbocycles. The molecule has 0 aliphatic heterocycles. The van der Waals surface area contributed by atoms with Crippen LogP contribution < -0.4 is 5.32 Å². The first-order chi connectivity index (χ1) is 8.27. The van der Waals surface area contributed by atoms with Crippen molar-refractivity contribution in [1.82, 2.24) is 5.32 Å². The Balaban J connectivity index is 2.89. The van der Waals surface area contributed by atoms with E-state index in [9.17, 15) is 0 Å². The zero-order valence-electron chi connectivity index (χ0n) is 12.6. The molecule has 0 atom stereocenters. The van der Waals surface area contributed by atoms with Crippen LogP contribution in [-0.4, -0.2) is 13.1 Å². The molecule has 0 amide bonds. The molecule has 0 spiro atoms. The van der Waals surface area contributed by atoms with E-state index in [1.807, 2.05) is 0 Å². The molecule has 0 saturated heterocycles. The second-order valence-corrected chi connectivity index (χ2v) is 5.78. The van der Waals surface area contributed by atoms with E-state index in [-0.39, 0.29) is 0 Å². The van der Waals surface area contributed by atoms with Crippen LogP contribution in [0.3, 0.4) is 0 Å². The molecule has 0 heterocycles. The van der Waals surface area contributed by atoms with Crippen molar-refractivity contribution in [2.24, 2.45) is 5.92 Å². The Morgan fingerprint density at radius 1 is 0.706 bits per heavy atom. The van der Waals surface area contributed by atoms with Crippen molar-refractivity contribution in [3.63, 3.8) is 0 Å². The second kappa shape index (κ2) is 14.0. The van der Waals surface area contributed by atoms with Crippen molar-refractivity contribution in [2.45, 2.75) is 85.0 Å². The van der Waals surface area contributed by atoms with Crippen LogP contribution in [0.1, 0.15) is 85.0 Å². The fourth-order valence-electron chi connectivity index (χ4n) is 2.13. The summed E-state index contributed by atoms with van der Waals surface area (Å²) >= 11 is 0. The van der Waals surface area contributed by atoms with Crippen molar-refractivity contribution < 1.29 is 0 Å². The third-order valence-corrected chi connectivity index (χ3v) is 3.26. The molecule has 0 radical (unpaired) electrons. The van der Waals surface area contributed by atoms with Gasteiger partial charge in [0.25, 0.3) is 0 Å². The molecule has 0 aliphatic carbocycles. The first-order valence-electron chi connectivity index (χ1n) is 7.98. The van der Waals surface area contributed by atoms with Crippen LogP contribution in [0, 0.1) is 5.92 Å². The molecule has 17 heavy (non-hydrogen) atoms. The van der Waals surface area contributed by atoms with Gasteiger partial charge in [0.1, 0.15) is 0 Å². The number of hydrogen-bond donors (Lipinski definition) is 1. The Morgan fingerprint density at radius 3 is 1.65 bits per heavy atom. The highest BCUT2D eigenvalue weighted by Gasteiger charge is 1.94. The molecule has 0 aromatic rings. The molecule has 0 bridgehead atoms. The molecule has 0 aliphatic rings. The molecule has 104 valence electrons. The highest BCUT2D eigenvalue weighted by atomic mass is 14.8. The van der Waals surface area contributed by atoms with Gasteiger partial charge in [-0.2, -0.15) is 0 Å². The van der Waals surface area contributed by atoms with Gasteiger partial charge in [-0.25, -0.2) is 0 Å². The maximum absolute atomic E-state index is 3.51. The first-order valence-corrected chi connectivity index (χ1v) is 7.98. The van der Waals surface area contributed by atoms with E-state index in [0.717, 1.165) is 5.92 Å². The van der Waals surface area contributed by atoms with Crippen molar-refractivity contribution in [3.8, 4) is 0 Å². The largest absolute Gasteiger partial charge is 0.316 e. The number of nitrogens with one attached hydrogen (secondary N) is 1. The Kier molecular flexibility index (Phi) is 14.0. The van der Waals surface area contributed by atoms with Gasteiger partial charge in [0, 0.05) is 0 Å². The Labute approximate surface area is 110 Å². The summed E-state index contributed by atoms with van der Waals surface area (Å²) < 4.78 is 0. The SMILES string of the molecule is CCCCCCCCCCCCNCC(C)C. The number of hydrogen-bond acceptors (Lipinski definition) is 1. The third-order valence-electron chi connectivity index (χ3n) is 3.26. The van der Waals surface area contributed by atoms with E-state index in [1.165, 1.54) is 77.3 Å². The Bertz CT molecular complexity index is 131. The topological polar surface area (TPSA) is 12.0 Å². The zero-order valence-corrected chi connectivity index (χ0v) is 12.6. The van der Waals surface area contributed by atoms with Crippen molar-refractivity contribution >= 4 is 0 Å². The smallest absolute Gasteiger partial charge is 0.00258 e. The molecular weight excluding hydrogens is 206 g/mol. The van der Waals surface area contributed by atoms with Gasteiger partial charge in [-0.15, -0.1) is 0 Å². The maximum atomic E-state index is 3.51. The van der Waals surface area contributed by atoms with Gasteiger partial charge in [-0.05, 0) is 25.4 Å². The minimum absolute atomic E-state index is 0.790. The van der Waals surface area contributed by atoms with Crippen LogP contribution in [0.15, 0.2) is 0 Å². The van der Waals surface area contributed by atoms with Crippen LogP contribution in [0.2, 0.25) is 0 Å². The summed E-state index contributed by atoms with van der Waals surface area (Å²) in [5.74, 6) is 0.790. The maximum Gasteiger partial charge on any atom is -0.00258 e. The minimum atomic E-state index is 0.790. The second-order valence-electron chi connectivity index (χ2n) is 5.78. The summed E-state index contributed by atoms with van der Waals surface area (Å²) in [6, 6.07) is 0. The Morgan fingerprint density at radius 2 is 1.18 bits per heavy atom. The van der Waals surface area contributed by atoms with Gasteiger partial charge in [-0.3, -0.25) is 0 Å². The lowest BCUT2D eigenvalue weighted by molar-refractivity contribution is 0.515. The summed E-state index contributed by atoms with van der Waals surface area (Å²) in [4.78, 5) is 0. The van der Waals surface area contributed by atoms with Crippen molar-refractivity contribution in [3.05, 3.63) is 0 Å². The molecular formula is C16H35N. The third kappa shape index (κ3) is 16.0. The molecule has 0 aromatic heterocycles. The monoisotopic (exact) mass is 241 g/mol. The van der Waals surface area contributed by atoms with Crippen LogP contribution >= 0.6 is 0 Å². The van der Waals surface area contributed by atoms with Gasteiger partial charge >= 0.3 is 0 Å². The molecule has 1 nitrogen and oxygen atoms in total. The lowest BCUT2D eigenvalue weighted by Crippen LogP contribution is -2.20. The number of unbranched alkanes of at least 4 members (excludes halogenated alkanes) is 9. The predicted molar refractivity (Wildman–Crippen MR) is 79.6 cm³/mol. The van der Waals surface area contributed by atoms with Gasteiger partial charge in [0.05, 0.1) is 0 Å². The van der Waals surface area contributed by atoms with Crippen LogP contribution in [0.4, 0.5) is 0 Å². The Hall–Kier alpha value is -0.0400. The van der Waals surface area contributed by atoms with E-state index in [4.69, 9.17) is 0 Å². The summed E-state index contributed by atoms with van der Waals surface area (Å²) in [7, 11) is 0. The summed E-state index contributed by atoms with van der Waals surface area (Å²) in [5.41, 5.74) is 0. The van der Waals surface area contributed by atoms with Gasteiger partial charge in [0.2, 0.25) is 0 Å². The minimum Gasteiger partial charge on any atom is -0.316 e. The molecule has 1 heteroatoms. The fourth-order valence-corrected chi connectivity index (χ4v) is 2.13. The molecule has 0 fully saturated rings. The lowest BCUT2D eigenvalue weighted by Gasteiger charge is -2.07. The summed E-state index contributed by atoms with van der Waals surface area (Å²) in [6.45, 7) is 9.22. The summed E-state index contributed by atoms with van der Waals surface area (Å²) in [5, 5.41) is 3.51. The average molecular weight is 241 g/mol. The van der Waals surface area contributed by atoms with Crippen molar-refractivity contribution in [2.75, 3.05) is 13.1 Å². The normalized spacial score (nSPS) is 11.3. The predicted octanol–water partition coefficient (Wildman–Crippen LogP) is 5.15. The van der Waals surface area contributed by atoms with Gasteiger partial charge in [-0.1, -0.05) is 78.6 Å². The molecule has 0 rings (SSSR count). The summed E-state index contributed by atoms with van der Waals surface area (Å²) in [6.07, 6.45) is 14.3. The van der Waals surface area contributed by atoms with Crippen molar-refractivity contribution in [1.29, 1.82) is 0 Å². The highest BCUT2D eigenvalue weighted by molar-refractivity contribution is 4.52. The van der Waals surface area contributed by atoms with Crippen LogP contribution in [-0.2, 0) is 0 Å². The molecule has 1 N–H and O–H groups in total. The quantitative estimate of drug-likeness (QED) is 0.440. The van der Waals surface area contributed by atoms with Crippen LogP contribution in [0.5, 0.6) is 0 Å². The average Bonchev–Trinajstić information content (AvgIpc) is 2.30. The highest BCUT2D eigenvalue weighted by Crippen LogP contribution is 2.10. The standard InChI is InChI=1S/C16H35N/c1-4-5-6-7-8-9-10-11-12-13-14-17-15-16(2)3/h16-17H,4-15H2,1-3H3. The van der Waals surface area contributed by atoms with Gasteiger partial charge in [0.15, 0.2) is 0 Å². The lowest BCUT2D eigenvalue weighted by atomic mass is 10.1. The molecule has 0 aromatic carbocycles. The van der Waals surface area contributed by atoms with E-state index >= 15 is 0 Å². The molecule has 0 unspecified atom stereocenters. The van der Waals surface area contributed by atoms with E-state index in [1.54, 1.807) is 0 Å². The van der Waals surface area contributed by atoms with E-state index in [0.29, 0.717) is 0 Å². The van der Waals surface area contributed by atoms with E-state index in [2.05, 4.69) is 26.1 Å². The van der Waals surface area contributed by atoms with Crippen LogP contribution in [0.25, 0.3) is 0 Å². The fraction of sp³-hybridized carbons (Fsp3) is 1.00. The first kappa shape index (κ1) is 17.0.